The van der Waals surface area contributed by atoms with Crippen molar-refractivity contribution in [1.82, 2.24) is 5.32 Å². The Hall–Kier alpha value is -0.380. The monoisotopic (exact) mass is 251 g/mol. The Morgan fingerprint density at radius 1 is 1.19 bits per heavy atom. The first-order valence-corrected chi connectivity index (χ1v) is 7.45. The quantitative estimate of drug-likeness (QED) is 0.504. The highest BCUT2D eigenvalue weighted by atomic mass is 31.2. The SMILES string of the molecule is CCOP(=O)(CCCNC(=O)CC)OCC. The minimum absolute atomic E-state index is 0.00246. The van der Waals surface area contributed by atoms with Crippen molar-refractivity contribution in [3.63, 3.8) is 0 Å². The van der Waals surface area contributed by atoms with Crippen LogP contribution in [0.3, 0.4) is 0 Å². The predicted molar refractivity (Wildman–Crippen MR) is 63.6 cm³/mol. The molecule has 0 aliphatic rings. The Balaban J connectivity index is 3.85. The number of rotatable bonds is 9. The summed E-state index contributed by atoms with van der Waals surface area (Å²) in [6, 6.07) is 0. The van der Waals surface area contributed by atoms with Gasteiger partial charge in [-0.05, 0) is 20.3 Å². The molecule has 0 aliphatic heterocycles. The Bertz CT molecular complexity index is 235. The third kappa shape index (κ3) is 6.99. The van der Waals surface area contributed by atoms with Gasteiger partial charge >= 0.3 is 7.60 Å². The van der Waals surface area contributed by atoms with E-state index in [1.54, 1.807) is 20.8 Å². The summed E-state index contributed by atoms with van der Waals surface area (Å²) in [5, 5.41) is 2.72. The average molecular weight is 251 g/mol. The molecule has 0 radical (unpaired) electrons. The third-order valence-electron chi connectivity index (χ3n) is 1.90. The van der Waals surface area contributed by atoms with Gasteiger partial charge in [-0.25, -0.2) is 0 Å². The van der Waals surface area contributed by atoms with Crippen LogP contribution in [0.2, 0.25) is 0 Å². The second-order valence-corrected chi connectivity index (χ2v) is 5.41. The van der Waals surface area contributed by atoms with Crippen molar-refractivity contribution in [3.8, 4) is 0 Å². The van der Waals surface area contributed by atoms with Gasteiger partial charge in [-0.3, -0.25) is 9.36 Å². The van der Waals surface area contributed by atoms with E-state index in [0.29, 0.717) is 38.8 Å². The lowest BCUT2D eigenvalue weighted by Crippen LogP contribution is -2.24. The zero-order chi connectivity index (χ0) is 12.4. The number of hydrogen-bond acceptors (Lipinski definition) is 4. The Labute approximate surface area is 97.4 Å². The summed E-state index contributed by atoms with van der Waals surface area (Å²) in [5.41, 5.74) is 0. The van der Waals surface area contributed by atoms with E-state index in [-0.39, 0.29) is 5.91 Å². The molecule has 0 heterocycles. The molecule has 0 fully saturated rings. The van der Waals surface area contributed by atoms with Crippen molar-refractivity contribution in [2.45, 2.75) is 33.6 Å². The zero-order valence-electron chi connectivity index (χ0n) is 10.3. The maximum atomic E-state index is 12.0. The van der Waals surface area contributed by atoms with Crippen LogP contribution < -0.4 is 5.32 Å². The van der Waals surface area contributed by atoms with Gasteiger partial charge in [0.15, 0.2) is 0 Å². The average Bonchev–Trinajstić information content (AvgIpc) is 2.25. The number of carbonyl (C=O) groups is 1. The van der Waals surface area contributed by atoms with E-state index in [9.17, 15) is 9.36 Å². The van der Waals surface area contributed by atoms with E-state index in [2.05, 4.69) is 5.32 Å². The normalized spacial score (nSPS) is 11.4. The molecule has 1 N–H and O–H groups in total. The van der Waals surface area contributed by atoms with Gasteiger partial charge < -0.3 is 14.4 Å². The van der Waals surface area contributed by atoms with E-state index in [1.807, 2.05) is 0 Å². The van der Waals surface area contributed by atoms with Crippen molar-refractivity contribution in [3.05, 3.63) is 0 Å². The number of amides is 1. The van der Waals surface area contributed by atoms with Crippen molar-refractivity contribution in [1.29, 1.82) is 0 Å². The van der Waals surface area contributed by atoms with Gasteiger partial charge in [-0.15, -0.1) is 0 Å². The molecule has 5 nitrogen and oxygen atoms in total. The zero-order valence-corrected chi connectivity index (χ0v) is 11.2. The minimum atomic E-state index is -2.94. The molecule has 0 saturated heterocycles. The molecular weight excluding hydrogens is 229 g/mol. The van der Waals surface area contributed by atoms with E-state index in [0.717, 1.165) is 0 Å². The molecule has 16 heavy (non-hydrogen) atoms. The van der Waals surface area contributed by atoms with Crippen LogP contribution in [0.1, 0.15) is 33.6 Å². The summed E-state index contributed by atoms with van der Waals surface area (Å²) < 4.78 is 22.2. The van der Waals surface area contributed by atoms with Gasteiger partial charge in [-0.1, -0.05) is 6.92 Å². The molecule has 0 aromatic carbocycles. The smallest absolute Gasteiger partial charge is 0.330 e. The van der Waals surface area contributed by atoms with Crippen molar-refractivity contribution in [2.24, 2.45) is 0 Å². The first kappa shape index (κ1) is 15.6. The Morgan fingerprint density at radius 3 is 2.19 bits per heavy atom. The summed E-state index contributed by atoms with van der Waals surface area (Å²) >= 11 is 0. The molecular formula is C10H22NO4P. The van der Waals surface area contributed by atoms with Crippen LogP contribution in [0.15, 0.2) is 0 Å². The van der Waals surface area contributed by atoms with E-state index in [4.69, 9.17) is 9.05 Å². The molecule has 0 aromatic rings. The van der Waals surface area contributed by atoms with Crippen molar-refractivity contribution >= 4 is 13.5 Å². The van der Waals surface area contributed by atoms with E-state index in [1.165, 1.54) is 0 Å². The molecule has 6 heteroatoms. The summed E-state index contributed by atoms with van der Waals surface area (Å²) in [5.74, 6) is 0.00246. The maximum absolute atomic E-state index is 12.0. The van der Waals surface area contributed by atoms with Gasteiger partial charge in [0.05, 0.1) is 19.4 Å². The lowest BCUT2D eigenvalue weighted by atomic mass is 10.4. The van der Waals surface area contributed by atoms with E-state index >= 15 is 0 Å². The van der Waals surface area contributed by atoms with Crippen LogP contribution >= 0.6 is 7.60 Å². The second-order valence-electron chi connectivity index (χ2n) is 3.23. The molecule has 0 saturated carbocycles. The molecule has 0 aromatic heterocycles. The fourth-order valence-electron chi connectivity index (χ4n) is 1.19. The second kappa shape index (κ2) is 8.74. The van der Waals surface area contributed by atoms with Crippen LogP contribution in [-0.2, 0) is 18.4 Å². The predicted octanol–water partition coefficient (Wildman–Crippen LogP) is 2.17. The molecule has 0 atom stereocenters. The third-order valence-corrected chi connectivity index (χ3v) is 4.07. The lowest BCUT2D eigenvalue weighted by molar-refractivity contribution is -0.120. The molecule has 0 aliphatic carbocycles. The number of hydrogen-bond donors (Lipinski definition) is 1. The van der Waals surface area contributed by atoms with Gasteiger partial charge in [0.2, 0.25) is 5.91 Å². The van der Waals surface area contributed by atoms with E-state index < -0.39 is 7.60 Å². The topological polar surface area (TPSA) is 64.6 Å². The molecule has 0 spiro atoms. The summed E-state index contributed by atoms with van der Waals surface area (Å²) in [6.45, 7) is 6.61. The van der Waals surface area contributed by atoms with Crippen LogP contribution in [0.25, 0.3) is 0 Å². The van der Waals surface area contributed by atoms with Crippen LogP contribution in [0.5, 0.6) is 0 Å². The molecule has 0 unspecified atom stereocenters. The van der Waals surface area contributed by atoms with Gasteiger partial charge in [-0.2, -0.15) is 0 Å². The van der Waals surface area contributed by atoms with Gasteiger partial charge in [0.1, 0.15) is 0 Å². The molecule has 1 amide bonds. The molecule has 0 bridgehead atoms. The highest BCUT2D eigenvalue weighted by Gasteiger charge is 2.22. The fraction of sp³-hybridized carbons (Fsp3) is 0.900. The Morgan fingerprint density at radius 2 is 1.75 bits per heavy atom. The first-order valence-electron chi connectivity index (χ1n) is 5.72. The fourth-order valence-corrected chi connectivity index (χ4v) is 2.85. The van der Waals surface area contributed by atoms with Crippen LogP contribution in [0.4, 0.5) is 0 Å². The van der Waals surface area contributed by atoms with Crippen LogP contribution in [-0.4, -0.2) is 31.8 Å². The van der Waals surface area contributed by atoms with Crippen LogP contribution in [0, 0.1) is 0 Å². The van der Waals surface area contributed by atoms with Gasteiger partial charge in [0, 0.05) is 13.0 Å². The van der Waals surface area contributed by atoms with Gasteiger partial charge in [0.25, 0.3) is 0 Å². The largest absolute Gasteiger partial charge is 0.356 e. The molecule has 0 rings (SSSR count). The standard InChI is InChI=1S/C10H22NO4P/c1-4-10(12)11-8-7-9-16(13,14-5-2)15-6-3/h4-9H2,1-3H3,(H,11,12). The molecule has 96 valence electrons. The van der Waals surface area contributed by atoms with Crippen molar-refractivity contribution in [2.75, 3.05) is 25.9 Å². The summed E-state index contributed by atoms with van der Waals surface area (Å²) in [6.07, 6.45) is 1.41. The van der Waals surface area contributed by atoms with Crippen molar-refractivity contribution < 1.29 is 18.4 Å². The highest BCUT2D eigenvalue weighted by molar-refractivity contribution is 7.53. The Kier molecular flexibility index (Phi) is 8.53. The maximum Gasteiger partial charge on any atom is 0.330 e. The summed E-state index contributed by atoms with van der Waals surface area (Å²) in [4.78, 5) is 10.9. The first-order chi connectivity index (χ1) is 7.58. The number of nitrogens with one attached hydrogen (secondary N) is 1. The lowest BCUT2D eigenvalue weighted by Gasteiger charge is -2.16. The highest BCUT2D eigenvalue weighted by Crippen LogP contribution is 2.48. The minimum Gasteiger partial charge on any atom is -0.356 e. The number of carbonyl (C=O) groups excluding carboxylic acids is 1. The summed E-state index contributed by atoms with van der Waals surface area (Å²) in [7, 11) is -2.94.